The summed E-state index contributed by atoms with van der Waals surface area (Å²) in [5.41, 5.74) is 2.52. The van der Waals surface area contributed by atoms with E-state index < -0.39 is 0 Å². The maximum Gasteiger partial charge on any atom is 0.240 e. The molecule has 0 aliphatic carbocycles. The van der Waals surface area contributed by atoms with E-state index in [-0.39, 0.29) is 18.4 Å². The van der Waals surface area contributed by atoms with Crippen LogP contribution in [-0.4, -0.2) is 29.9 Å². The van der Waals surface area contributed by atoms with Crippen molar-refractivity contribution < 1.29 is 9.59 Å². The van der Waals surface area contributed by atoms with Gasteiger partial charge in [-0.1, -0.05) is 48.5 Å². The molecule has 5 nitrogen and oxygen atoms in total. The maximum atomic E-state index is 12.3. The van der Waals surface area contributed by atoms with Crippen LogP contribution in [0.1, 0.15) is 12.5 Å². The molecular formula is C21H21N3O2. The lowest BCUT2D eigenvalue weighted by molar-refractivity contribution is -0.123. The van der Waals surface area contributed by atoms with Crippen LogP contribution in [0.2, 0.25) is 0 Å². The van der Waals surface area contributed by atoms with Gasteiger partial charge in [-0.15, -0.1) is 0 Å². The van der Waals surface area contributed by atoms with E-state index >= 15 is 0 Å². The Hall–Kier alpha value is -3.21. The van der Waals surface area contributed by atoms with Gasteiger partial charge in [0, 0.05) is 25.1 Å². The van der Waals surface area contributed by atoms with Gasteiger partial charge in [-0.3, -0.25) is 14.6 Å². The molecular weight excluding hydrogens is 326 g/mol. The molecule has 0 aliphatic heterocycles. The van der Waals surface area contributed by atoms with Crippen LogP contribution < -0.4 is 10.2 Å². The molecule has 3 aromatic rings. The summed E-state index contributed by atoms with van der Waals surface area (Å²) in [6.45, 7) is 1.96. The van der Waals surface area contributed by atoms with Gasteiger partial charge in [0.25, 0.3) is 0 Å². The molecule has 3 rings (SSSR count). The summed E-state index contributed by atoms with van der Waals surface area (Å²) in [5, 5.41) is 3.81. The number of anilines is 1. The van der Waals surface area contributed by atoms with Crippen molar-refractivity contribution in [1.82, 2.24) is 10.3 Å². The Labute approximate surface area is 152 Å². The molecule has 2 aromatic carbocycles. The molecule has 5 heteroatoms. The number of nitrogens with zero attached hydrogens (tertiary/aromatic N) is 2. The summed E-state index contributed by atoms with van der Waals surface area (Å²) < 4.78 is 0. The van der Waals surface area contributed by atoms with Crippen LogP contribution >= 0.6 is 0 Å². The highest BCUT2D eigenvalue weighted by Gasteiger charge is 2.18. The van der Waals surface area contributed by atoms with E-state index in [0.29, 0.717) is 17.7 Å². The van der Waals surface area contributed by atoms with E-state index in [9.17, 15) is 9.59 Å². The minimum atomic E-state index is -0.193. The third kappa shape index (κ3) is 4.25. The van der Waals surface area contributed by atoms with Gasteiger partial charge in [0.1, 0.15) is 6.54 Å². The van der Waals surface area contributed by atoms with E-state index in [4.69, 9.17) is 0 Å². The zero-order chi connectivity index (χ0) is 18.4. The summed E-state index contributed by atoms with van der Waals surface area (Å²) in [7, 11) is 0. The van der Waals surface area contributed by atoms with Gasteiger partial charge < -0.3 is 10.2 Å². The maximum absolute atomic E-state index is 12.3. The van der Waals surface area contributed by atoms with Crippen molar-refractivity contribution in [3.63, 3.8) is 0 Å². The van der Waals surface area contributed by atoms with Crippen LogP contribution in [-0.2, 0) is 16.0 Å². The van der Waals surface area contributed by atoms with E-state index in [1.165, 1.54) is 11.8 Å². The topological polar surface area (TPSA) is 62.3 Å². The summed E-state index contributed by atoms with van der Waals surface area (Å²) in [4.78, 5) is 30.3. The fourth-order valence-corrected chi connectivity index (χ4v) is 2.86. The zero-order valence-corrected chi connectivity index (χ0v) is 14.7. The second kappa shape index (κ2) is 8.25. The van der Waals surface area contributed by atoms with E-state index in [0.717, 1.165) is 17.4 Å². The number of hydrogen-bond donors (Lipinski definition) is 1. The first-order valence-corrected chi connectivity index (χ1v) is 8.57. The number of aromatic nitrogens is 1. The number of benzene rings is 2. The van der Waals surface area contributed by atoms with Gasteiger partial charge >= 0.3 is 0 Å². The van der Waals surface area contributed by atoms with Crippen molar-refractivity contribution in [2.75, 3.05) is 18.0 Å². The highest BCUT2D eigenvalue weighted by molar-refractivity contribution is 6.04. The Balaban J connectivity index is 1.68. The van der Waals surface area contributed by atoms with Gasteiger partial charge in [-0.05, 0) is 24.1 Å². The van der Waals surface area contributed by atoms with Crippen LogP contribution in [0, 0.1) is 0 Å². The number of para-hydroxylation sites is 1. The first kappa shape index (κ1) is 17.6. The number of amides is 2. The van der Waals surface area contributed by atoms with E-state index in [2.05, 4.69) is 10.3 Å². The van der Waals surface area contributed by atoms with Gasteiger partial charge in [-0.2, -0.15) is 0 Å². The fraction of sp³-hybridized carbons (Fsp3) is 0.190. The molecule has 0 saturated heterocycles. The second-order valence-corrected chi connectivity index (χ2v) is 6.04. The smallest absolute Gasteiger partial charge is 0.240 e. The molecule has 0 fully saturated rings. The number of carbonyl (C=O) groups excluding carboxylic acids is 2. The summed E-state index contributed by atoms with van der Waals surface area (Å²) in [6, 6.07) is 19.4. The lowest BCUT2D eigenvalue weighted by atomic mass is 10.1. The van der Waals surface area contributed by atoms with Crippen LogP contribution in [0.25, 0.3) is 10.9 Å². The van der Waals surface area contributed by atoms with E-state index in [1.54, 1.807) is 6.20 Å². The molecule has 1 aromatic heterocycles. The van der Waals surface area contributed by atoms with Crippen molar-refractivity contribution in [3.8, 4) is 0 Å². The minimum absolute atomic E-state index is 0.0280. The van der Waals surface area contributed by atoms with E-state index in [1.807, 2.05) is 60.7 Å². The molecule has 26 heavy (non-hydrogen) atoms. The van der Waals surface area contributed by atoms with Crippen molar-refractivity contribution in [1.29, 1.82) is 0 Å². The third-order valence-electron chi connectivity index (χ3n) is 4.16. The number of rotatable bonds is 6. The standard InChI is InChI=1S/C21H21N3O2/c1-16(25)24(19-11-5-9-18-10-6-13-23-21(18)19)15-20(26)22-14-12-17-7-3-2-4-8-17/h2-11,13H,12,14-15H2,1H3,(H,22,26). The quantitative estimate of drug-likeness (QED) is 0.746. The van der Waals surface area contributed by atoms with Crippen LogP contribution in [0.4, 0.5) is 5.69 Å². The van der Waals surface area contributed by atoms with Gasteiger partial charge in [0.05, 0.1) is 11.2 Å². The number of fused-ring (bicyclic) bond motifs is 1. The number of hydrogen-bond acceptors (Lipinski definition) is 3. The third-order valence-corrected chi connectivity index (χ3v) is 4.16. The zero-order valence-electron chi connectivity index (χ0n) is 14.7. The molecule has 132 valence electrons. The lowest BCUT2D eigenvalue weighted by Crippen LogP contribution is -2.40. The molecule has 1 N–H and O–H groups in total. The molecule has 0 spiro atoms. The fourth-order valence-electron chi connectivity index (χ4n) is 2.86. The predicted molar refractivity (Wildman–Crippen MR) is 103 cm³/mol. The van der Waals surface area contributed by atoms with Gasteiger partial charge in [0.2, 0.25) is 11.8 Å². The second-order valence-electron chi connectivity index (χ2n) is 6.04. The number of nitrogens with one attached hydrogen (secondary N) is 1. The lowest BCUT2D eigenvalue weighted by Gasteiger charge is -2.21. The van der Waals surface area contributed by atoms with Crippen molar-refractivity contribution in [2.24, 2.45) is 0 Å². The predicted octanol–water partition coefficient (Wildman–Crippen LogP) is 2.95. The summed E-state index contributed by atoms with van der Waals surface area (Å²) >= 11 is 0. The molecule has 0 atom stereocenters. The molecule has 1 heterocycles. The van der Waals surface area contributed by atoms with Crippen LogP contribution in [0.15, 0.2) is 66.9 Å². The van der Waals surface area contributed by atoms with Crippen molar-refractivity contribution in [2.45, 2.75) is 13.3 Å². The minimum Gasteiger partial charge on any atom is -0.354 e. The molecule has 0 saturated carbocycles. The Morgan fingerprint density at radius 2 is 1.77 bits per heavy atom. The molecule has 0 unspecified atom stereocenters. The molecule has 2 amide bonds. The SMILES string of the molecule is CC(=O)N(CC(=O)NCCc1ccccc1)c1cccc2cccnc12. The highest BCUT2D eigenvalue weighted by Crippen LogP contribution is 2.24. The van der Waals surface area contributed by atoms with Crippen LogP contribution in [0.3, 0.4) is 0 Å². The Bertz CT molecular complexity index is 904. The Kier molecular flexibility index (Phi) is 5.59. The first-order chi connectivity index (χ1) is 12.6. The van der Waals surface area contributed by atoms with Gasteiger partial charge in [-0.25, -0.2) is 0 Å². The average molecular weight is 347 g/mol. The molecule has 0 radical (unpaired) electrons. The normalized spacial score (nSPS) is 10.5. The molecule has 0 bridgehead atoms. The molecule has 0 aliphatic rings. The first-order valence-electron chi connectivity index (χ1n) is 8.57. The Morgan fingerprint density at radius 3 is 2.54 bits per heavy atom. The summed E-state index contributed by atoms with van der Waals surface area (Å²) in [5.74, 6) is -0.384. The summed E-state index contributed by atoms with van der Waals surface area (Å²) in [6.07, 6.45) is 2.44. The van der Waals surface area contributed by atoms with Crippen molar-refractivity contribution in [3.05, 3.63) is 72.4 Å². The van der Waals surface area contributed by atoms with Gasteiger partial charge in [0.15, 0.2) is 0 Å². The number of carbonyl (C=O) groups is 2. The van der Waals surface area contributed by atoms with Crippen molar-refractivity contribution >= 4 is 28.4 Å². The largest absolute Gasteiger partial charge is 0.354 e. The number of pyridine rings is 1. The monoisotopic (exact) mass is 347 g/mol. The highest BCUT2D eigenvalue weighted by atomic mass is 16.2. The van der Waals surface area contributed by atoms with Crippen LogP contribution in [0.5, 0.6) is 0 Å². The Morgan fingerprint density at radius 1 is 1.00 bits per heavy atom. The average Bonchev–Trinajstić information content (AvgIpc) is 2.66.